The number of fused-ring (bicyclic) bond motifs is 3. The van der Waals surface area contributed by atoms with Crippen molar-refractivity contribution in [3.05, 3.63) is 40.3 Å². The largest absolute Gasteiger partial charge is 0.417 e. The Balaban J connectivity index is 1.47. The van der Waals surface area contributed by atoms with Crippen molar-refractivity contribution in [2.75, 3.05) is 29.5 Å². The van der Waals surface area contributed by atoms with Gasteiger partial charge in [0.1, 0.15) is 11.9 Å². The van der Waals surface area contributed by atoms with Gasteiger partial charge >= 0.3 is 12.8 Å². The fraction of sp³-hybridized carbons (Fsp3) is 0.524. The maximum absolute atomic E-state index is 13.9. The monoisotopic (exact) mass is 501 g/mol. The zero-order chi connectivity index (χ0) is 24.9. The number of carbonyl (C=O) groups is 1. The lowest BCUT2D eigenvalue weighted by atomic mass is 10.1. The summed E-state index contributed by atoms with van der Waals surface area (Å²) in [6.45, 7) is -3.15. The van der Waals surface area contributed by atoms with Crippen LogP contribution in [0.25, 0.3) is 0 Å². The molecular formula is C21H20F5N5O4. The predicted octanol–water partition coefficient (Wildman–Crippen LogP) is 2.24. The minimum atomic E-state index is -4.69. The number of pyridine rings is 1. The standard InChI is InChI=1S/C21H20F5N5O4/c22-19(23)35-17-2-1-11(7-27-17)14(32)9-31-15(21(24,25)26)3-4-29-18(33)6-16(28-20(29)31)30-8-13-5-12(30)10-34-13/h1-2,6-7,12-13,15,19H,3-5,8-10H2/t12?,13?,15-/m0/s1. The van der Waals surface area contributed by atoms with Crippen LogP contribution in [0.15, 0.2) is 29.2 Å². The first-order valence-electron chi connectivity index (χ1n) is 10.9. The molecule has 3 atom stereocenters. The smallest absolute Gasteiger partial charge is 0.408 e. The van der Waals surface area contributed by atoms with Crippen LogP contribution < -0.4 is 20.1 Å². The molecule has 35 heavy (non-hydrogen) atoms. The molecule has 9 nitrogen and oxygen atoms in total. The van der Waals surface area contributed by atoms with Gasteiger partial charge in [-0.05, 0) is 18.9 Å². The zero-order valence-electron chi connectivity index (χ0n) is 18.1. The van der Waals surface area contributed by atoms with Crippen LogP contribution in [0.2, 0.25) is 0 Å². The molecule has 0 amide bonds. The van der Waals surface area contributed by atoms with Gasteiger partial charge in [0.25, 0.3) is 5.56 Å². The van der Waals surface area contributed by atoms with E-state index in [2.05, 4.69) is 14.7 Å². The van der Waals surface area contributed by atoms with Gasteiger partial charge in [-0.1, -0.05) is 0 Å². The maximum Gasteiger partial charge on any atom is 0.408 e. The van der Waals surface area contributed by atoms with Gasteiger partial charge in [0.2, 0.25) is 11.8 Å². The Morgan fingerprint density at radius 1 is 1.29 bits per heavy atom. The Labute approximate surface area is 195 Å². The number of nitrogens with zero attached hydrogens (tertiary/aromatic N) is 5. The molecule has 2 aromatic heterocycles. The van der Waals surface area contributed by atoms with E-state index in [0.29, 0.717) is 13.2 Å². The van der Waals surface area contributed by atoms with Gasteiger partial charge in [-0.25, -0.2) is 4.98 Å². The predicted molar refractivity (Wildman–Crippen MR) is 111 cm³/mol. The van der Waals surface area contributed by atoms with Gasteiger partial charge in [0, 0.05) is 37.0 Å². The fourth-order valence-electron chi connectivity index (χ4n) is 4.76. The average Bonchev–Trinajstić information content (AvgIpc) is 3.42. The van der Waals surface area contributed by atoms with Gasteiger partial charge < -0.3 is 19.3 Å². The molecule has 3 aliphatic rings. The van der Waals surface area contributed by atoms with E-state index >= 15 is 0 Å². The second-order valence-electron chi connectivity index (χ2n) is 8.56. The number of aromatic nitrogens is 3. The van der Waals surface area contributed by atoms with Crippen LogP contribution in [0.5, 0.6) is 5.88 Å². The zero-order valence-corrected chi connectivity index (χ0v) is 18.1. The summed E-state index contributed by atoms with van der Waals surface area (Å²) in [6.07, 6.45) is -3.46. The van der Waals surface area contributed by atoms with Crippen molar-refractivity contribution < 1.29 is 36.2 Å². The molecule has 2 aromatic rings. The topological polar surface area (TPSA) is 89.8 Å². The minimum absolute atomic E-state index is 0.0212. The molecule has 0 saturated carbocycles. The molecule has 0 aliphatic carbocycles. The molecule has 2 saturated heterocycles. The van der Waals surface area contributed by atoms with E-state index in [0.717, 1.165) is 34.2 Å². The lowest BCUT2D eigenvalue weighted by Crippen LogP contribution is -2.54. The number of anilines is 2. The molecule has 5 rings (SSSR count). The molecule has 2 bridgehead atoms. The third-order valence-corrected chi connectivity index (χ3v) is 6.39. The van der Waals surface area contributed by atoms with Crippen LogP contribution in [0, 0.1) is 0 Å². The van der Waals surface area contributed by atoms with Crippen molar-refractivity contribution in [2.24, 2.45) is 0 Å². The first-order valence-corrected chi connectivity index (χ1v) is 10.9. The van der Waals surface area contributed by atoms with Crippen molar-refractivity contribution in [1.82, 2.24) is 14.5 Å². The third-order valence-electron chi connectivity index (χ3n) is 6.39. The molecule has 0 N–H and O–H groups in total. The molecule has 5 heterocycles. The van der Waals surface area contributed by atoms with Crippen molar-refractivity contribution in [2.45, 2.75) is 50.4 Å². The summed E-state index contributed by atoms with van der Waals surface area (Å²) < 4.78 is 77.3. The summed E-state index contributed by atoms with van der Waals surface area (Å²) >= 11 is 0. The normalized spacial score (nSPS) is 23.7. The first kappa shape index (κ1) is 23.5. The number of morpholine rings is 1. The Morgan fingerprint density at radius 3 is 2.69 bits per heavy atom. The number of ketones is 1. The van der Waals surface area contributed by atoms with Crippen LogP contribution >= 0.6 is 0 Å². The van der Waals surface area contributed by atoms with Gasteiger partial charge in [-0.2, -0.15) is 26.9 Å². The molecule has 3 aliphatic heterocycles. The maximum atomic E-state index is 13.9. The summed E-state index contributed by atoms with van der Waals surface area (Å²) in [6, 6.07) is 1.39. The molecule has 188 valence electrons. The highest BCUT2D eigenvalue weighted by Gasteiger charge is 2.48. The Morgan fingerprint density at radius 2 is 2.09 bits per heavy atom. The van der Waals surface area contributed by atoms with Gasteiger partial charge in [0.15, 0.2) is 5.78 Å². The fourth-order valence-corrected chi connectivity index (χ4v) is 4.76. The number of halogens is 5. The number of rotatable bonds is 6. The van der Waals surface area contributed by atoms with Crippen LogP contribution in [0.1, 0.15) is 23.2 Å². The summed E-state index contributed by atoms with van der Waals surface area (Å²) in [5.41, 5.74) is -0.612. The Hall–Kier alpha value is -3.29. The van der Waals surface area contributed by atoms with Crippen molar-refractivity contribution in [3.63, 3.8) is 0 Å². The summed E-state index contributed by atoms with van der Waals surface area (Å²) in [7, 11) is 0. The van der Waals surface area contributed by atoms with Gasteiger partial charge in [0.05, 0.1) is 25.3 Å². The molecule has 2 unspecified atom stereocenters. The molecule has 0 radical (unpaired) electrons. The number of hydrogen-bond donors (Lipinski definition) is 0. The van der Waals surface area contributed by atoms with Crippen molar-refractivity contribution in [3.8, 4) is 5.88 Å². The number of hydrogen-bond acceptors (Lipinski definition) is 8. The van der Waals surface area contributed by atoms with Crippen LogP contribution in [-0.2, 0) is 11.3 Å². The molecular weight excluding hydrogens is 481 g/mol. The highest BCUT2D eigenvalue weighted by atomic mass is 19.4. The van der Waals surface area contributed by atoms with E-state index in [1.165, 1.54) is 6.07 Å². The number of alkyl halides is 5. The van der Waals surface area contributed by atoms with Gasteiger partial charge in [-0.3, -0.25) is 14.2 Å². The minimum Gasteiger partial charge on any atom is -0.417 e. The molecule has 0 spiro atoms. The Kier molecular flexibility index (Phi) is 5.85. The van der Waals surface area contributed by atoms with E-state index < -0.39 is 49.0 Å². The van der Waals surface area contributed by atoms with Crippen LogP contribution in [-0.4, -0.2) is 71.0 Å². The lowest BCUT2D eigenvalue weighted by molar-refractivity contribution is -0.152. The highest BCUT2D eigenvalue weighted by Crippen LogP contribution is 2.36. The quantitative estimate of drug-likeness (QED) is 0.440. The van der Waals surface area contributed by atoms with Crippen LogP contribution in [0.4, 0.5) is 33.7 Å². The second kappa shape index (κ2) is 8.73. The third kappa shape index (κ3) is 4.54. The molecule has 14 heteroatoms. The average molecular weight is 501 g/mol. The van der Waals surface area contributed by atoms with E-state index in [9.17, 15) is 31.5 Å². The Bertz CT molecular complexity index is 1170. The van der Waals surface area contributed by atoms with Crippen molar-refractivity contribution >= 4 is 17.5 Å². The number of carbonyl (C=O) groups excluding carboxylic acids is 1. The van der Waals surface area contributed by atoms with E-state index in [-0.39, 0.29) is 36.0 Å². The lowest BCUT2D eigenvalue weighted by Gasteiger charge is -2.39. The van der Waals surface area contributed by atoms with Crippen LogP contribution in [0.3, 0.4) is 0 Å². The molecule has 0 aromatic carbocycles. The highest BCUT2D eigenvalue weighted by molar-refractivity contribution is 5.99. The summed E-state index contributed by atoms with van der Waals surface area (Å²) in [5, 5.41) is 0. The van der Waals surface area contributed by atoms with E-state index in [4.69, 9.17) is 4.74 Å². The van der Waals surface area contributed by atoms with Gasteiger partial charge in [-0.15, -0.1) is 0 Å². The van der Waals surface area contributed by atoms with E-state index in [1.54, 1.807) is 0 Å². The summed E-state index contributed by atoms with van der Waals surface area (Å²) in [5.74, 6) is -1.19. The van der Waals surface area contributed by atoms with Crippen molar-refractivity contribution in [1.29, 1.82) is 0 Å². The second-order valence-corrected chi connectivity index (χ2v) is 8.56. The molecule has 2 fully saturated rings. The first-order chi connectivity index (χ1) is 16.6. The van der Waals surface area contributed by atoms with E-state index in [1.807, 2.05) is 4.90 Å². The number of Topliss-reactive ketones (excluding diaryl/α,β-unsaturated/α-hetero) is 1. The number of ether oxygens (including phenoxy) is 2. The summed E-state index contributed by atoms with van der Waals surface area (Å²) in [4.78, 5) is 36.3. The SMILES string of the molecule is O=C(CN1c2nc(N3CC4CC3CO4)cc(=O)n2CC[C@H]1C(F)(F)F)c1ccc(OC(F)F)nc1.